The van der Waals surface area contributed by atoms with Gasteiger partial charge in [-0.1, -0.05) is 12.5 Å². The molecule has 3 heterocycles. The van der Waals surface area contributed by atoms with E-state index in [1.807, 2.05) is 43.4 Å². The van der Waals surface area contributed by atoms with E-state index in [2.05, 4.69) is 20.3 Å². The fraction of sp³-hybridized carbons (Fsp3) is 0.318. The Hall–Kier alpha value is -3.19. The molecule has 2 aromatic heterocycles. The summed E-state index contributed by atoms with van der Waals surface area (Å²) in [7, 11) is 1.87. The number of hydrogen-bond acceptors (Lipinski definition) is 4. The fourth-order valence-electron chi connectivity index (χ4n) is 4.03. The van der Waals surface area contributed by atoms with Gasteiger partial charge in [0.25, 0.3) is 5.91 Å². The number of benzene rings is 2. The van der Waals surface area contributed by atoms with Crippen LogP contribution < -0.4 is 5.32 Å². The number of imidazole rings is 1. The van der Waals surface area contributed by atoms with Crippen molar-refractivity contribution >= 4 is 33.5 Å². The second-order valence-corrected chi connectivity index (χ2v) is 7.75. The molecule has 148 valence electrons. The lowest BCUT2D eigenvalue weighted by atomic mass is 10.1. The van der Waals surface area contributed by atoms with Gasteiger partial charge >= 0.3 is 0 Å². The second kappa shape index (κ2) is 7.33. The number of aromatic nitrogens is 4. The van der Waals surface area contributed by atoms with E-state index in [4.69, 9.17) is 4.98 Å². The van der Waals surface area contributed by atoms with Gasteiger partial charge in [-0.2, -0.15) is 5.10 Å². The quantitative estimate of drug-likeness (QED) is 0.559. The number of fused-ring (bicyclic) bond motifs is 2. The lowest BCUT2D eigenvalue weighted by molar-refractivity contribution is 0.102. The van der Waals surface area contributed by atoms with Gasteiger partial charge in [0.2, 0.25) is 0 Å². The maximum Gasteiger partial charge on any atom is 0.255 e. The standard InChI is InChI=1S/C22H24N6O/c1-27-20-11-15(5-6-16(20)13-23-27)22(29)24-17-7-8-18-19(12-17)26-21(25-18)14-28-9-3-2-4-10-28/h5-8,11-13H,2-4,9-10,14H2,1H3,(H,24,29)(H,25,26). The molecule has 0 unspecified atom stereocenters. The SMILES string of the molecule is Cn1ncc2ccc(C(=O)Nc3ccc4nc(CN5CCCCC5)[nH]c4c3)cc21. The summed E-state index contributed by atoms with van der Waals surface area (Å²) in [4.78, 5) is 23.3. The third kappa shape index (κ3) is 3.61. The number of H-pyrrole nitrogens is 1. The Kier molecular flexibility index (Phi) is 4.52. The molecule has 7 heteroatoms. The van der Waals surface area contributed by atoms with Crippen LogP contribution in [0.5, 0.6) is 0 Å². The van der Waals surface area contributed by atoms with E-state index in [0.717, 1.165) is 53.1 Å². The topological polar surface area (TPSA) is 78.8 Å². The number of amides is 1. The molecule has 1 aliphatic heterocycles. The molecule has 0 saturated carbocycles. The van der Waals surface area contributed by atoms with Crippen LogP contribution in [-0.2, 0) is 13.6 Å². The maximum absolute atomic E-state index is 12.7. The number of hydrogen-bond donors (Lipinski definition) is 2. The molecule has 1 amide bonds. The predicted octanol–water partition coefficient (Wildman–Crippen LogP) is 3.69. The third-order valence-electron chi connectivity index (χ3n) is 5.62. The number of carbonyl (C=O) groups is 1. The minimum Gasteiger partial charge on any atom is -0.341 e. The van der Waals surface area contributed by atoms with Crippen LogP contribution in [0.3, 0.4) is 0 Å². The van der Waals surface area contributed by atoms with Gasteiger partial charge in [-0.05, 0) is 56.3 Å². The first-order valence-corrected chi connectivity index (χ1v) is 10.1. The largest absolute Gasteiger partial charge is 0.341 e. The molecule has 0 spiro atoms. The predicted molar refractivity (Wildman–Crippen MR) is 114 cm³/mol. The van der Waals surface area contributed by atoms with Crippen LogP contribution in [0.15, 0.2) is 42.6 Å². The number of likely N-dealkylation sites (tertiary alicyclic amines) is 1. The van der Waals surface area contributed by atoms with Crippen molar-refractivity contribution in [3.8, 4) is 0 Å². The molecule has 1 fully saturated rings. The van der Waals surface area contributed by atoms with Gasteiger partial charge in [-0.25, -0.2) is 4.98 Å². The molecule has 1 saturated heterocycles. The van der Waals surface area contributed by atoms with Crippen LogP contribution in [0.25, 0.3) is 21.9 Å². The summed E-state index contributed by atoms with van der Waals surface area (Å²) < 4.78 is 1.77. The number of aryl methyl sites for hydroxylation is 1. The molecule has 1 aliphatic rings. The van der Waals surface area contributed by atoms with E-state index in [0.29, 0.717) is 5.56 Å². The van der Waals surface area contributed by atoms with E-state index in [9.17, 15) is 4.79 Å². The maximum atomic E-state index is 12.7. The first kappa shape index (κ1) is 17.9. The number of anilines is 1. The highest BCUT2D eigenvalue weighted by Crippen LogP contribution is 2.21. The fourth-order valence-corrected chi connectivity index (χ4v) is 4.03. The van der Waals surface area contributed by atoms with Crippen LogP contribution >= 0.6 is 0 Å². The zero-order chi connectivity index (χ0) is 19.8. The Labute approximate surface area is 168 Å². The molecule has 7 nitrogen and oxygen atoms in total. The first-order chi connectivity index (χ1) is 14.2. The number of carbonyl (C=O) groups excluding carboxylic acids is 1. The van der Waals surface area contributed by atoms with Crippen LogP contribution in [0.4, 0.5) is 5.69 Å². The zero-order valence-corrected chi connectivity index (χ0v) is 16.5. The van der Waals surface area contributed by atoms with E-state index in [1.54, 1.807) is 10.9 Å². The summed E-state index contributed by atoms with van der Waals surface area (Å²) >= 11 is 0. The van der Waals surface area contributed by atoms with Gasteiger partial charge < -0.3 is 10.3 Å². The van der Waals surface area contributed by atoms with Crippen LogP contribution in [0, 0.1) is 0 Å². The average molecular weight is 388 g/mol. The number of nitrogens with one attached hydrogen (secondary N) is 2. The van der Waals surface area contributed by atoms with Gasteiger partial charge in [0.05, 0.1) is 29.3 Å². The monoisotopic (exact) mass is 388 g/mol. The van der Waals surface area contributed by atoms with Crippen LogP contribution in [0.1, 0.15) is 35.4 Å². The first-order valence-electron chi connectivity index (χ1n) is 10.1. The molecule has 29 heavy (non-hydrogen) atoms. The molecule has 4 aromatic rings. The van der Waals surface area contributed by atoms with Crippen molar-refractivity contribution in [1.82, 2.24) is 24.6 Å². The summed E-state index contributed by atoms with van der Waals surface area (Å²) in [6, 6.07) is 11.4. The molecule has 5 rings (SSSR count). The van der Waals surface area contributed by atoms with E-state index in [1.165, 1.54) is 19.3 Å². The lowest BCUT2D eigenvalue weighted by Crippen LogP contribution is -2.29. The van der Waals surface area contributed by atoms with Crippen molar-refractivity contribution in [3.05, 3.63) is 54.0 Å². The number of piperidine rings is 1. The highest BCUT2D eigenvalue weighted by atomic mass is 16.1. The van der Waals surface area contributed by atoms with Crippen molar-refractivity contribution in [2.24, 2.45) is 7.05 Å². The molecule has 0 radical (unpaired) electrons. The van der Waals surface area contributed by atoms with Crippen molar-refractivity contribution in [3.63, 3.8) is 0 Å². The van der Waals surface area contributed by atoms with Crippen LogP contribution in [-0.4, -0.2) is 43.6 Å². The summed E-state index contributed by atoms with van der Waals surface area (Å²) in [6.45, 7) is 3.12. The average Bonchev–Trinajstić information content (AvgIpc) is 3.31. The van der Waals surface area contributed by atoms with Gasteiger partial charge in [0, 0.05) is 23.7 Å². The summed E-state index contributed by atoms with van der Waals surface area (Å²) in [5.74, 6) is 0.840. The number of nitrogens with zero attached hydrogens (tertiary/aromatic N) is 4. The van der Waals surface area contributed by atoms with Gasteiger partial charge in [0.15, 0.2) is 0 Å². The summed E-state index contributed by atoms with van der Waals surface area (Å²) in [5.41, 5.74) is 4.16. The van der Waals surface area contributed by atoms with E-state index >= 15 is 0 Å². The number of rotatable bonds is 4. The molecular formula is C22H24N6O. The molecule has 0 bridgehead atoms. The second-order valence-electron chi connectivity index (χ2n) is 7.75. The Morgan fingerprint density at radius 3 is 2.86 bits per heavy atom. The third-order valence-corrected chi connectivity index (χ3v) is 5.62. The normalized spacial score (nSPS) is 15.2. The van der Waals surface area contributed by atoms with Gasteiger partial charge in [-0.15, -0.1) is 0 Å². The van der Waals surface area contributed by atoms with Crippen LogP contribution in [0.2, 0.25) is 0 Å². The van der Waals surface area contributed by atoms with E-state index in [-0.39, 0.29) is 5.91 Å². The van der Waals surface area contributed by atoms with Crippen molar-refractivity contribution in [2.75, 3.05) is 18.4 Å². The molecular weight excluding hydrogens is 364 g/mol. The highest BCUT2D eigenvalue weighted by Gasteiger charge is 2.14. The lowest BCUT2D eigenvalue weighted by Gasteiger charge is -2.25. The Balaban J connectivity index is 1.34. The number of aromatic amines is 1. The smallest absolute Gasteiger partial charge is 0.255 e. The Morgan fingerprint density at radius 2 is 2.00 bits per heavy atom. The van der Waals surface area contributed by atoms with Gasteiger partial charge in [-0.3, -0.25) is 14.4 Å². The zero-order valence-electron chi connectivity index (χ0n) is 16.5. The van der Waals surface area contributed by atoms with Gasteiger partial charge in [0.1, 0.15) is 5.82 Å². The highest BCUT2D eigenvalue weighted by molar-refractivity contribution is 6.06. The van der Waals surface area contributed by atoms with Crippen molar-refractivity contribution < 1.29 is 4.79 Å². The summed E-state index contributed by atoms with van der Waals surface area (Å²) in [5, 5.41) is 8.24. The Bertz CT molecular complexity index is 1180. The van der Waals surface area contributed by atoms with Crippen molar-refractivity contribution in [2.45, 2.75) is 25.8 Å². The molecule has 0 atom stereocenters. The Morgan fingerprint density at radius 1 is 1.14 bits per heavy atom. The van der Waals surface area contributed by atoms with Crippen molar-refractivity contribution in [1.29, 1.82) is 0 Å². The molecule has 2 N–H and O–H groups in total. The summed E-state index contributed by atoms with van der Waals surface area (Å²) in [6.07, 6.45) is 5.65. The van der Waals surface area contributed by atoms with E-state index < -0.39 is 0 Å². The molecule has 2 aromatic carbocycles. The minimum atomic E-state index is -0.138. The minimum absolute atomic E-state index is 0.138. The molecule has 0 aliphatic carbocycles.